The molecule has 0 aliphatic rings. The zero-order valence-corrected chi connectivity index (χ0v) is 17.0. The van der Waals surface area contributed by atoms with E-state index in [1.807, 2.05) is 36.2 Å². The Labute approximate surface area is 178 Å². The second kappa shape index (κ2) is 8.23. The maximum atomic E-state index is 11.7. The number of para-hydroxylation sites is 2. The number of hydrogen-bond acceptors (Lipinski definition) is 7. The summed E-state index contributed by atoms with van der Waals surface area (Å²) >= 11 is 0. The first kappa shape index (κ1) is 20.0. The van der Waals surface area contributed by atoms with E-state index < -0.39 is 5.97 Å². The number of nitrogens with one attached hydrogen (secondary N) is 1. The van der Waals surface area contributed by atoms with Crippen molar-refractivity contribution in [1.82, 2.24) is 14.6 Å². The van der Waals surface area contributed by atoms with Gasteiger partial charge >= 0.3 is 5.97 Å². The molecule has 31 heavy (non-hydrogen) atoms. The first-order valence-electron chi connectivity index (χ1n) is 9.47. The van der Waals surface area contributed by atoms with Gasteiger partial charge < -0.3 is 25.2 Å². The second-order valence-corrected chi connectivity index (χ2v) is 6.94. The number of aromatic carboxylic acids is 1. The van der Waals surface area contributed by atoms with Crippen molar-refractivity contribution in [3.05, 3.63) is 71.9 Å². The van der Waals surface area contributed by atoms with Gasteiger partial charge in [0.2, 0.25) is 0 Å². The molecule has 0 radical (unpaired) electrons. The number of carboxylic acids is 1. The molecule has 4 aromatic rings. The zero-order chi connectivity index (χ0) is 22.0. The van der Waals surface area contributed by atoms with E-state index in [9.17, 15) is 15.0 Å². The number of rotatable bonds is 7. The molecular formula is C22H21N5O4. The third-order valence-corrected chi connectivity index (χ3v) is 4.82. The lowest BCUT2D eigenvalue weighted by Crippen LogP contribution is -2.20. The molecule has 0 amide bonds. The monoisotopic (exact) mass is 419 g/mol. The number of benzene rings is 2. The Kier molecular flexibility index (Phi) is 5.31. The van der Waals surface area contributed by atoms with E-state index in [1.54, 1.807) is 37.4 Å². The van der Waals surface area contributed by atoms with Crippen LogP contribution < -0.4 is 15.0 Å². The van der Waals surface area contributed by atoms with Gasteiger partial charge in [-0.25, -0.2) is 9.78 Å². The molecule has 3 N–H and O–H groups in total. The van der Waals surface area contributed by atoms with Crippen molar-refractivity contribution in [1.29, 1.82) is 0 Å². The number of nitrogens with zero attached hydrogens (tertiary/aromatic N) is 4. The molecule has 4 rings (SSSR count). The molecule has 0 bridgehead atoms. The summed E-state index contributed by atoms with van der Waals surface area (Å²) in [6.45, 7) is 0.543. The van der Waals surface area contributed by atoms with E-state index in [1.165, 1.54) is 10.7 Å². The summed E-state index contributed by atoms with van der Waals surface area (Å²) < 4.78 is 6.69. The molecule has 0 aliphatic carbocycles. The van der Waals surface area contributed by atoms with E-state index in [4.69, 9.17) is 4.74 Å². The Morgan fingerprint density at radius 3 is 2.61 bits per heavy atom. The molecule has 0 saturated heterocycles. The van der Waals surface area contributed by atoms with Crippen molar-refractivity contribution in [2.45, 2.75) is 6.54 Å². The van der Waals surface area contributed by atoms with Crippen LogP contribution in [0, 0.1) is 0 Å². The van der Waals surface area contributed by atoms with Gasteiger partial charge in [0.15, 0.2) is 5.65 Å². The largest absolute Gasteiger partial charge is 0.506 e. The number of aromatic nitrogens is 3. The van der Waals surface area contributed by atoms with E-state index in [-0.39, 0.29) is 17.0 Å². The number of aromatic hydroxyl groups is 1. The Bertz CT molecular complexity index is 1240. The molecule has 0 saturated carbocycles. The van der Waals surface area contributed by atoms with Crippen LogP contribution >= 0.6 is 0 Å². The van der Waals surface area contributed by atoms with Crippen LogP contribution in [0.2, 0.25) is 0 Å². The lowest BCUT2D eigenvalue weighted by Gasteiger charge is -2.21. The molecule has 0 unspecified atom stereocenters. The van der Waals surface area contributed by atoms with Crippen LogP contribution in [0.15, 0.2) is 60.8 Å². The van der Waals surface area contributed by atoms with Crippen LogP contribution in [0.25, 0.3) is 5.65 Å². The van der Waals surface area contributed by atoms with Gasteiger partial charge in [0.25, 0.3) is 0 Å². The fourth-order valence-electron chi connectivity index (χ4n) is 3.24. The molecule has 2 aromatic carbocycles. The maximum Gasteiger partial charge on any atom is 0.341 e. The minimum atomic E-state index is -1.12. The first-order valence-corrected chi connectivity index (χ1v) is 9.47. The SMILES string of the molecule is COc1ccc(CN(C)c2cc(Nc3ccccc3O)nc3c(C(=O)O)cnn23)cc1. The highest BCUT2D eigenvalue weighted by Crippen LogP contribution is 2.29. The smallest absolute Gasteiger partial charge is 0.341 e. The molecule has 0 fully saturated rings. The summed E-state index contributed by atoms with van der Waals surface area (Å²) in [6.07, 6.45) is 1.28. The number of phenolic OH excluding ortho intramolecular Hbond substituents is 1. The van der Waals surface area contributed by atoms with Crippen LogP contribution in [-0.4, -0.2) is 44.9 Å². The molecule has 2 aromatic heterocycles. The van der Waals surface area contributed by atoms with Crippen molar-refractivity contribution in [2.24, 2.45) is 0 Å². The molecular weight excluding hydrogens is 398 g/mol. The number of methoxy groups -OCH3 is 1. The fourth-order valence-corrected chi connectivity index (χ4v) is 3.24. The van der Waals surface area contributed by atoms with Gasteiger partial charge in [0.05, 0.1) is 19.0 Å². The molecule has 9 nitrogen and oxygen atoms in total. The summed E-state index contributed by atoms with van der Waals surface area (Å²) in [5.41, 5.74) is 1.68. The molecule has 9 heteroatoms. The third kappa shape index (κ3) is 4.06. The lowest BCUT2D eigenvalue weighted by molar-refractivity contribution is 0.0698. The normalized spacial score (nSPS) is 10.8. The lowest BCUT2D eigenvalue weighted by atomic mass is 10.2. The summed E-state index contributed by atoms with van der Waals surface area (Å²) in [5.74, 6) is 0.722. The Morgan fingerprint density at radius 1 is 1.19 bits per heavy atom. The Balaban J connectivity index is 1.75. The van der Waals surface area contributed by atoms with E-state index in [0.717, 1.165) is 11.3 Å². The van der Waals surface area contributed by atoms with Crippen LogP contribution in [-0.2, 0) is 6.54 Å². The van der Waals surface area contributed by atoms with Gasteiger partial charge in [0.1, 0.15) is 28.7 Å². The van der Waals surface area contributed by atoms with E-state index in [0.29, 0.717) is 23.9 Å². The number of carbonyl (C=O) groups is 1. The molecule has 2 heterocycles. The maximum absolute atomic E-state index is 11.7. The Hall–Kier alpha value is -4.27. The van der Waals surface area contributed by atoms with Crippen molar-refractivity contribution in [3.8, 4) is 11.5 Å². The van der Waals surface area contributed by atoms with Crippen LogP contribution in [0.4, 0.5) is 17.3 Å². The average Bonchev–Trinajstić information content (AvgIpc) is 3.19. The van der Waals surface area contributed by atoms with E-state index in [2.05, 4.69) is 15.4 Å². The van der Waals surface area contributed by atoms with Gasteiger partial charge in [-0.3, -0.25) is 0 Å². The Morgan fingerprint density at radius 2 is 1.94 bits per heavy atom. The number of fused-ring (bicyclic) bond motifs is 1. The van der Waals surface area contributed by atoms with Crippen LogP contribution in [0.3, 0.4) is 0 Å². The van der Waals surface area contributed by atoms with Crippen molar-refractivity contribution < 1.29 is 19.7 Å². The zero-order valence-electron chi connectivity index (χ0n) is 17.0. The van der Waals surface area contributed by atoms with Crippen LogP contribution in [0.5, 0.6) is 11.5 Å². The van der Waals surface area contributed by atoms with Crippen LogP contribution in [0.1, 0.15) is 15.9 Å². The van der Waals surface area contributed by atoms with Crippen molar-refractivity contribution >= 4 is 28.9 Å². The number of anilines is 3. The predicted octanol–water partition coefficient (Wildman–Crippen LogP) is 3.52. The van der Waals surface area contributed by atoms with Gasteiger partial charge in [-0.1, -0.05) is 24.3 Å². The minimum Gasteiger partial charge on any atom is -0.506 e. The first-order chi connectivity index (χ1) is 15.0. The highest BCUT2D eigenvalue weighted by molar-refractivity contribution is 5.94. The van der Waals surface area contributed by atoms with Crippen molar-refractivity contribution in [2.75, 3.05) is 24.4 Å². The highest BCUT2D eigenvalue weighted by Gasteiger charge is 2.19. The van der Waals surface area contributed by atoms with Crippen molar-refractivity contribution in [3.63, 3.8) is 0 Å². The quantitative estimate of drug-likeness (QED) is 0.390. The number of phenols is 1. The van der Waals surface area contributed by atoms with Gasteiger partial charge in [0, 0.05) is 19.7 Å². The number of carboxylic acid groups (broad SMARTS) is 1. The third-order valence-electron chi connectivity index (χ3n) is 4.82. The predicted molar refractivity (Wildman–Crippen MR) is 116 cm³/mol. The summed E-state index contributed by atoms with van der Waals surface area (Å²) in [6, 6.07) is 16.2. The number of hydrogen-bond donors (Lipinski definition) is 3. The topological polar surface area (TPSA) is 112 Å². The summed E-state index contributed by atoms with van der Waals surface area (Å²) in [4.78, 5) is 18.0. The van der Waals surface area contributed by atoms with Gasteiger partial charge in [-0.15, -0.1) is 0 Å². The van der Waals surface area contributed by atoms with Gasteiger partial charge in [-0.05, 0) is 29.8 Å². The number of ether oxygens (including phenoxy) is 1. The average molecular weight is 419 g/mol. The molecule has 0 aliphatic heterocycles. The second-order valence-electron chi connectivity index (χ2n) is 6.94. The van der Waals surface area contributed by atoms with E-state index >= 15 is 0 Å². The fraction of sp³-hybridized carbons (Fsp3) is 0.136. The highest BCUT2D eigenvalue weighted by atomic mass is 16.5. The minimum absolute atomic E-state index is 0.0139. The summed E-state index contributed by atoms with van der Waals surface area (Å²) in [7, 11) is 3.50. The summed E-state index contributed by atoms with van der Waals surface area (Å²) in [5, 5.41) is 26.9. The molecule has 0 spiro atoms. The molecule has 0 atom stereocenters. The van der Waals surface area contributed by atoms with Gasteiger partial charge in [-0.2, -0.15) is 9.61 Å². The standard InChI is InChI=1S/C22H21N5O4/c1-26(13-14-7-9-15(31-2)10-8-14)20-11-19(24-17-5-3-4-6-18(17)28)25-21-16(22(29)30)12-23-27(20)21/h3-12,28H,13H2,1-2H3,(H,24,25)(H,29,30). The molecule has 158 valence electrons.